The van der Waals surface area contributed by atoms with Crippen LogP contribution in [0, 0.1) is 5.82 Å². The highest BCUT2D eigenvalue weighted by Crippen LogP contribution is 2.24. The van der Waals surface area contributed by atoms with Gasteiger partial charge in [0.25, 0.3) is 0 Å². The average Bonchev–Trinajstić information content (AvgIpc) is 2.82. The number of carbonyl (C=O) groups excluding carboxylic acids is 1. The van der Waals surface area contributed by atoms with E-state index in [1.54, 1.807) is 11.8 Å². The molecule has 10 heteroatoms. The van der Waals surface area contributed by atoms with Crippen molar-refractivity contribution in [3.05, 3.63) is 36.3 Å². The third-order valence-electron chi connectivity index (χ3n) is 6.08. The van der Waals surface area contributed by atoms with Crippen molar-refractivity contribution in [3.8, 4) is 0 Å². The van der Waals surface area contributed by atoms with Crippen LogP contribution in [-0.2, 0) is 4.74 Å². The van der Waals surface area contributed by atoms with Crippen LogP contribution in [0.3, 0.4) is 0 Å². The van der Waals surface area contributed by atoms with Crippen molar-refractivity contribution in [3.63, 3.8) is 0 Å². The number of piperidine rings is 1. The SMILES string of the molecule is CCOC(=O)N1CCC(Nc2nc(Nc3cccc(N4CCN(C)CC4)c3)ncc2F)CC1. The first-order chi connectivity index (χ1) is 16.0. The zero-order valence-corrected chi connectivity index (χ0v) is 19.3. The number of nitrogens with zero attached hydrogens (tertiary/aromatic N) is 5. The molecule has 0 unspecified atom stereocenters. The van der Waals surface area contributed by atoms with Crippen LogP contribution < -0.4 is 15.5 Å². The minimum absolute atomic E-state index is 0.0217. The van der Waals surface area contributed by atoms with Crippen molar-refractivity contribution in [1.82, 2.24) is 19.8 Å². The second kappa shape index (κ2) is 10.7. The van der Waals surface area contributed by atoms with Gasteiger partial charge < -0.3 is 30.1 Å². The highest BCUT2D eigenvalue weighted by Gasteiger charge is 2.24. The van der Waals surface area contributed by atoms with E-state index in [-0.39, 0.29) is 18.0 Å². The standard InChI is InChI=1S/C23H32FN7O2/c1-3-33-23(32)31-9-7-17(8-10-31)26-21-20(24)16-25-22(28-21)27-18-5-4-6-19(15-18)30-13-11-29(2)12-14-30/h4-6,15-17H,3,7-14H2,1-2H3,(H2,25,26,27,28). The molecule has 0 aliphatic carbocycles. The fourth-order valence-corrected chi connectivity index (χ4v) is 4.12. The fraction of sp³-hybridized carbons (Fsp3) is 0.522. The third kappa shape index (κ3) is 6.01. The summed E-state index contributed by atoms with van der Waals surface area (Å²) in [7, 11) is 2.14. The molecule has 0 atom stereocenters. The van der Waals surface area contributed by atoms with Crippen LogP contribution in [0.1, 0.15) is 19.8 Å². The number of piperazine rings is 1. The van der Waals surface area contributed by atoms with Crippen molar-refractivity contribution in [1.29, 1.82) is 0 Å². The molecule has 1 amide bonds. The number of hydrogen-bond acceptors (Lipinski definition) is 8. The summed E-state index contributed by atoms with van der Waals surface area (Å²) >= 11 is 0. The van der Waals surface area contributed by atoms with Gasteiger partial charge in [-0.3, -0.25) is 0 Å². The molecule has 2 fully saturated rings. The average molecular weight is 458 g/mol. The highest BCUT2D eigenvalue weighted by atomic mass is 19.1. The van der Waals surface area contributed by atoms with E-state index in [4.69, 9.17) is 4.74 Å². The minimum atomic E-state index is -0.500. The van der Waals surface area contributed by atoms with Crippen molar-refractivity contribution in [2.75, 3.05) is 68.5 Å². The van der Waals surface area contributed by atoms with Gasteiger partial charge in [0.2, 0.25) is 5.95 Å². The number of ether oxygens (including phenoxy) is 1. The van der Waals surface area contributed by atoms with Crippen LogP contribution in [-0.4, -0.2) is 84.8 Å². The molecular formula is C23H32FN7O2. The molecule has 2 saturated heterocycles. The Balaban J connectivity index is 1.37. The Hall–Kier alpha value is -3.14. The van der Waals surface area contributed by atoms with Gasteiger partial charge in [-0.1, -0.05) is 6.07 Å². The van der Waals surface area contributed by atoms with Crippen molar-refractivity contribution < 1.29 is 13.9 Å². The molecule has 3 heterocycles. The van der Waals surface area contributed by atoms with E-state index >= 15 is 0 Å². The van der Waals surface area contributed by atoms with Crippen LogP contribution in [0.2, 0.25) is 0 Å². The number of likely N-dealkylation sites (tertiary alicyclic amines) is 1. The second-order valence-electron chi connectivity index (χ2n) is 8.46. The molecule has 178 valence electrons. The van der Waals surface area contributed by atoms with E-state index in [0.717, 1.165) is 37.6 Å². The Morgan fingerprint density at radius 2 is 1.94 bits per heavy atom. The van der Waals surface area contributed by atoms with Gasteiger partial charge in [0.05, 0.1) is 12.8 Å². The second-order valence-corrected chi connectivity index (χ2v) is 8.46. The summed E-state index contributed by atoms with van der Waals surface area (Å²) in [5.41, 5.74) is 1.99. The molecule has 1 aromatic heterocycles. The lowest BCUT2D eigenvalue weighted by molar-refractivity contribution is 0.0983. The lowest BCUT2D eigenvalue weighted by Gasteiger charge is -2.34. The Kier molecular flexibility index (Phi) is 7.43. The summed E-state index contributed by atoms with van der Waals surface area (Å²) < 4.78 is 19.4. The predicted octanol–water partition coefficient (Wildman–Crippen LogP) is 3.14. The molecule has 2 aliphatic heterocycles. The summed E-state index contributed by atoms with van der Waals surface area (Å²) in [6.45, 7) is 7.31. The Morgan fingerprint density at radius 1 is 1.18 bits per heavy atom. The molecular weight excluding hydrogens is 425 g/mol. The number of anilines is 4. The number of nitrogens with one attached hydrogen (secondary N) is 2. The van der Waals surface area contributed by atoms with Crippen LogP contribution in [0.15, 0.2) is 30.5 Å². The number of rotatable bonds is 6. The lowest BCUT2D eigenvalue weighted by Crippen LogP contribution is -2.44. The van der Waals surface area contributed by atoms with Crippen LogP contribution >= 0.6 is 0 Å². The van der Waals surface area contributed by atoms with E-state index in [9.17, 15) is 9.18 Å². The number of benzene rings is 1. The first-order valence-electron chi connectivity index (χ1n) is 11.5. The monoisotopic (exact) mass is 457 g/mol. The molecule has 2 aliphatic rings. The van der Waals surface area contributed by atoms with E-state index in [0.29, 0.717) is 38.5 Å². The van der Waals surface area contributed by atoms with Gasteiger partial charge in [0.15, 0.2) is 11.6 Å². The van der Waals surface area contributed by atoms with Crippen molar-refractivity contribution in [2.24, 2.45) is 0 Å². The number of halogens is 1. The molecule has 4 rings (SSSR count). The molecule has 9 nitrogen and oxygen atoms in total. The summed E-state index contributed by atoms with van der Waals surface area (Å²) in [4.78, 5) is 26.7. The fourth-order valence-electron chi connectivity index (χ4n) is 4.12. The van der Waals surface area contributed by atoms with Gasteiger partial charge in [0, 0.05) is 56.7 Å². The van der Waals surface area contributed by atoms with Crippen molar-refractivity contribution >= 4 is 29.2 Å². The Morgan fingerprint density at radius 3 is 2.67 bits per heavy atom. The molecule has 2 N–H and O–H groups in total. The normalized spacial score (nSPS) is 17.7. The summed E-state index contributed by atoms with van der Waals surface area (Å²) in [5.74, 6) is -0.00439. The van der Waals surface area contributed by atoms with E-state index in [2.05, 4.69) is 49.6 Å². The topological polar surface area (TPSA) is 85.9 Å². The number of amides is 1. The maximum Gasteiger partial charge on any atom is 0.409 e. The van der Waals surface area contributed by atoms with E-state index < -0.39 is 5.82 Å². The predicted molar refractivity (Wildman–Crippen MR) is 127 cm³/mol. The lowest BCUT2D eigenvalue weighted by atomic mass is 10.1. The molecule has 0 spiro atoms. The van der Waals surface area contributed by atoms with Gasteiger partial charge in [-0.2, -0.15) is 4.98 Å². The largest absolute Gasteiger partial charge is 0.450 e. The Labute approximate surface area is 193 Å². The van der Waals surface area contributed by atoms with Gasteiger partial charge in [-0.05, 0) is 45.0 Å². The number of hydrogen-bond donors (Lipinski definition) is 2. The van der Waals surface area contributed by atoms with E-state index in [1.165, 1.54) is 6.20 Å². The molecule has 0 bridgehead atoms. The van der Waals surface area contributed by atoms with Crippen LogP contribution in [0.5, 0.6) is 0 Å². The number of carbonyl (C=O) groups is 1. The first kappa shape index (κ1) is 23.0. The number of aromatic nitrogens is 2. The highest BCUT2D eigenvalue weighted by molar-refractivity contribution is 5.67. The smallest absolute Gasteiger partial charge is 0.409 e. The van der Waals surface area contributed by atoms with Crippen LogP contribution in [0.25, 0.3) is 0 Å². The summed E-state index contributed by atoms with van der Waals surface area (Å²) in [6.07, 6.45) is 2.26. The summed E-state index contributed by atoms with van der Waals surface area (Å²) in [5, 5.41) is 6.37. The molecule has 0 saturated carbocycles. The quantitative estimate of drug-likeness (QED) is 0.684. The molecule has 2 aromatic rings. The van der Waals surface area contributed by atoms with Gasteiger partial charge >= 0.3 is 6.09 Å². The first-order valence-corrected chi connectivity index (χ1v) is 11.5. The Bertz CT molecular complexity index is 944. The maximum atomic E-state index is 14.4. The maximum absolute atomic E-state index is 14.4. The van der Waals surface area contributed by atoms with E-state index in [1.807, 2.05) is 12.1 Å². The van der Waals surface area contributed by atoms with Crippen LogP contribution in [0.4, 0.5) is 32.3 Å². The molecule has 1 aromatic carbocycles. The third-order valence-corrected chi connectivity index (χ3v) is 6.08. The van der Waals surface area contributed by atoms with Crippen molar-refractivity contribution in [2.45, 2.75) is 25.8 Å². The number of likely N-dealkylation sites (N-methyl/N-ethyl adjacent to an activating group) is 1. The molecule has 0 radical (unpaired) electrons. The zero-order valence-electron chi connectivity index (χ0n) is 19.3. The van der Waals surface area contributed by atoms with Gasteiger partial charge in [-0.15, -0.1) is 0 Å². The van der Waals surface area contributed by atoms with Gasteiger partial charge in [0.1, 0.15) is 0 Å². The molecule has 33 heavy (non-hydrogen) atoms. The summed E-state index contributed by atoms with van der Waals surface area (Å²) in [6, 6.07) is 8.13. The zero-order chi connectivity index (χ0) is 23.2. The minimum Gasteiger partial charge on any atom is -0.450 e. The van der Waals surface area contributed by atoms with Gasteiger partial charge in [-0.25, -0.2) is 14.2 Å².